The Bertz CT molecular complexity index is 854. The summed E-state index contributed by atoms with van der Waals surface area (Å²) in [6.45, 7) is 0.621. The van der Waals surface area contributed by atoms with E-state index in [0.29, 0.717) is 30.0 Å². The highest BCUT2D eigenvalue weighted by Gasteiger charge is 2.30. The average molecular weight is 402 g/mol. The van der Waals surface area contributed by atoms with E-state index in [4.69, 9.17) is 16.3 Å². The standard InChI is InChI=1S/C18H18ClF2NO3S/c19-14-3-5-18(6-4-14)26(23,24)22-7-1-2-17(11-22)25-12-13-8-15(20)10-16(21)9-13/h3-6,8-10,17H,1-2,7,11-12H2/t17-/m1/s1. The zero-order chi connectivity index (χ0) is 18.7. The first-order valence-electron chi connectivity index (χ1n) is 8.17. The van der Waals surface area contributed by atoms with Crippen LogP contribution in [-0.2, 0) is 21.4 Å². The van der Waals surface area contributed by atoms with Gasteiger partial charge in [0.1, 0.15) is 11.6 Å². The molecule has 2 aromatic carbocycles. The van der Waals surface area contributed by atoms with Crippen LogP contribution in [0.4, 0.5) is 8.78 Å². The number of benzene rings is 2. The van der Waals surface area contributed by atoms with Crippen LogP contribution >= 0.6 is 11.6 Å². The molecule has 1 atom stereocenters. The van der Waals surface area contributed by atoms with Crippen molar-refractivity contribution in [2.75, 3.05) is 13.1 Å². The van der Waals surface area contributed by atoms with Crippen LogP contribution in [-0.4, -0.2) is 31.9 Å². The lowest BCUT2D eigenvalue weighted by atomic mass is 10.1. The molecule has 0 aliphatic carbocycles. The Morgan fingerprint density at radius 3 is 2.42 bits per heavy atom. The highest BCUT2D eigenvalue weighted by Crippen LogP contribution is 2.24. The molecule has 0 aromatic heterocycles. The molecule has 0 saturated carbocycles. The number of hydrogen-bond donors (Lipinski definition) is 0. The lowest BCUT2D eigenvalue weighted by Gasteiger charge is -2.32. The van der Waals surface area contributed by atoms with Crippen LogP contribution in [0.2, 0.25) is 5.02 Å². The van der Waals surface area contributed by atoms with Crippen molar-refractivity contribution in [1.29, 1.82) is 0 Å². The van der Waals surface area contributed by atoms with Gasteiger partial charge in [0.2, 0.25) is 10.0 Å². The number of piperidine rings is 1. The Morgan fingerprint density at radius 1 is 1.12 bits per heavy atom. The van der Waals surface area contributed by atoms with E-state index in [1.807, 2.05) is 0 Å². The molecule has 26 heavy (non-hydrogen) atoms. The average Bonchev–Trinajstić information content (AvgIpc) is 2.60. The van der Waals surface area contributed by atoms with Gasteiger partial charge >= 0.3 is 0 Å². The normalized spacial score (nSPS) is 18.8. The number of nitrogens with zero attached hydrogens (tertiary/aromatic N) is 1. The Kier molecular flexibility index (Phi) is 5.92. The van der Waals surface area contributed by atoms with E-state index < -0.39 is 21.7 Å². The molecule has 0 spiro atoms. The molecule has 4 nitrogen and oxygen atoms in total. The van der Waals surface area contributed by atoms with Gasteiger partial charge in [-0.2, -0.15) is 4.31 Å². The molecule has 140 valence electrons. The van der Waals surface area contributed by atoms with E-state index in [9.17, 15) is 17.2 Å². The van der Waals surface area contributed by atoms with Gasteiger partial charge in [-0.1, -0.05) is 11.6 Å². The Balaban J connectivity index is 1.66. The molecule has 0 N–H and O–H groups in total. The first-order valence-corrected chi connectivity index (χ1v) is 9.99. The lowest BCUT2D eigenvalue weighted by molar-refractivity contribution is 0.00792. The summed E-state index contributed by atoms with van der Waals surface area (Å²) in [6, 6.07) is 9.21. The first kappa shape index (κ1) is 19.2. The molecule has 1 aliphatic heterocycles. The second-order valence-electron chi connectivity index (χ2n) is 6.17. The molecule has 0 amide bonds. The number of sulfonamides is 1. The van der Waals surface area contributed by atoms with E-state index >= 15 is 0 Å². The lowest BCUT2D eigenvalue weighted by Crippen LogP contribution is -2.43. The van der Waals surface area contributed by atoms with E-state index in [2.05, 4.69) is 0 Å². The molecule has 2 aromatic rings. The summed E-state index contributed by atoms with van der Waals surface area (Å²) in [5, 5.41) is 0.464. The number of ether oxygens (including phenoxy) is 1. The summed E-state index contributed by atoms with van der Waals surface area (Å²) >= 11 is 5.81. The maximum Gasteiger partial charge on any atom is 0.243 e. The molecule has 1 fully saturated rings. The summed E-state index contributed by atoms with van der Waals surface area (Å²) in [5.74, 6) is -1.33. The van der Waals surface area contributed by atoms with Gasteiger partial charge in [0.15, 0.2) is 0 Å². The van der Waals surface area contributed by atoms with Gasteiger partial charge in [0.25, 0.3) is 0 Å². The first-order chi connectivity index (χ1) is 12.3. The zero-order valence-electron chi connectivity index (χ0n) is 13.9. The van der Waals surface area contributed by atoms with E-state index in [1.54, 1.807) is 0 Å². The van der Waals surface area contributed by atoms with Crippen molar-refractivity contribution >= 4 is 21.6 Å². The fraction of sp³-hybridized carbons (Fsp3) is 0.333. The second kappa shape index (κ2) is 8.00. The van der Waals surface area contributed by atoms with Gasteiger partial charge in [-0.05, 0) is 54.8 Å². The minimum atomic E-state index is -3.63. The minimum absolute atomic E-state index is 0.0220. The van der Waals surface area contributed by atoms with Crippen LogP contribution in [0, 0.1) is 11.6 Å². The fourth-order valence-electron chi connectivity index (χ4n) is 2.92. The summed E-state index contributed by atoms with van der Waals surface area (Å²) in [5.41, 5.74) is 0.375. The van der Waals surface area contributed by atoms with Crippen LogP contribution in [0.3, 0.4) is 0 Å². The monoisotopic (exact) mass is 401 g/mol. The molecule has 0 bridgehead atoms. The number of rotatable bonds is 5. The van der Waals surface area contributed by atoms with Crippen LogP contribution in [0.15, 0.2) is 47.4 Å². The van der Waals surface area contributed by atoms with Crippen molar-refractivity contribution in [1.82, 2.24) is 4.31 Å². The second-order valence-corrected chi connectivity index (χ2v) is 8.54. The highest BCUT2D eigenvalue weighted by molar-refractivity contribution is 7.89. The third-order valence-electron chi connectivity index (χ3n) is 4.20. The van der Waals surface area contributed by atoms with Crippen molar-refractivity contribution in [2.24, 2.45) is 0 Å². The molecule has 1 aliphatic rings. The van der Waals surface area contributed by atoms with Crippen LogP contribution < -0.4 is 0 Å². The third kappa shape index (κ3) is 4.59. The van der Waals surface area contributed by atoms with Crippen LogP contribution in [0.1, 0.15) is 18.4 Å². The topological polar surface area (TPSA) is 46.6 Å². The summed E-state index contributed by atoms with van der Waals surface area (Å²) < 4.78 is 59.0. The highest BCUT2D eigenvalue weighted by atomic mass is 35.5. The SMILES string of the molecule is O=S(=O)(c1ccc(Cl)cc1)N1CCC[C@@H](OCc2cc(F)cc(F)c2)C1. The quantitative estimate of drug-likeness (QED) is 0.761. The molecule has 0 unspecified atom stereocenters. The van der Waals surface area contributed by atoms with Crippen molar-refractivity contribution in [3.05, 3.63) is 64.7 Å². The smallest absolute Gasteiger partial charge is 0.243 e. The number of halogens is 3. The van der Waals surface area contributed by atoms with Gasteiger partial charge in [-0.15, -0.1) is 0 Å². The Labute approximate surface area is 156 Å². The zero-order valence-corrected chi connectivity index (χ0v) is 15.4. The van der Waals surface area contributed by atoms with E-state index in [0.717, 1.165) is 6.07 Å². The number of hydrogen-bond acceptors (Lipinski definition) is 3. The molecular formula is C18H18ClF2NO3S. The third-order valence-corrected chi connectivity index (χ3v) is 6.33. The van der Waals surface area contributed by atoms with Crippen LogP contribution in [0.5, 0.6) is 0 Å². The fourth-order valence-corrected chi connectivity index (χ4v) is 4.56. The van der Waals surface area contributed by atoms with Crippen molar-refractivity contribution in [3.63, 3.8) is 0 Å². The molecule has 1 saturated heterocycles. The predicted molar refractivity (Wildman–Crippen MR) is 94.4 cm³/mol. The maximum atomic E-state index is 13.2. The summed E-state index contributed by atoms with van der Waals surface area (Å²) in [7, 11) is -3.63. The predicted octanol–water partition coefficient (Wildman–Crippen LogP) is 3.99. The molecule has 8 heteroatoms. The van der Waals surface area contributed by atoms with Gasteiger partial charge in [-0.3, -0.25) is 0 Å². The molecule has 3 rings (SSSR count). The molecule has 1 heterocycles. The summed E-state index contributed by atoms with van der Waals surface area (Å²) in [4.78, 5) is 0.176. The van der Waals surface area contributed by atoms with Crippen molar-refractivity contribution < 1.29 is 21.9 Å². The van der Waals surface area contributed by atoms with Gasteiger partial charge in [0, 0.05) is 24.2 Å². The molecular weight excluding hydrogens is 384 g/mol. The summed E-state index contributed by atoms with van der Waals surface area (Å²) in [6.07, 6.45) is 0.997. The Hall–Kier alpha value is -1.54. The van der Waals surface area contributed by atoms with Gasteiger partial charge in [-0.25, -0.2) is 17.2 Å². The Morgan fingerprint density at radius 2 is 1.77 bits per heavy atom. The van der Waals surface area contributed by atoms with E-state index in [1.165, 1.54) is 40.7 Å². The van der Waals surface area contributed by atoms with Gasteiger partial charge in [0.05, 0.1) is 17.6 Å². The minimum Gasteiger partial charge on any atom is -0.372 e. The van der Waals surface area contributed by atoms with Crippen molar-refractivity contribution in [3.8, 4) is 0 Å². The van der Waals surface area contributed by atoms with E-state index in [-0.39, 0.29) is 24.2 Å². The maximum absolute atomic E-state index is 13.2. The van der Waals surface area contributed by atoms with Crippen LogP contribution in [0.25, 0.3) is 0 Å². The largest absolute Gasteiger partial charge is 0.372 e. The molecule has 0 radical (unpaired) electrons. The van der Waals surface area contributed by atoms with Crippen molar-refractivity contribution in [2.45, 2.75) is 30.4 Å². The van der Waals surface area contributed by atoms with Gasteiger partial charge < -0.3 is 4.74 Å².